The van der Waals surface area contributed by atoms with Crippen molar-refractivity contribution in [3.63, 3.8) is 0 Å². The zero-order valence-corrected chi connectivity index (χ0v) is 18.5. The Bertz CT molecular complexity index is 1240. The Morgan fingerprint density at radius 3 is 2.76 bits per heavy atom. The maximum Gasteiger partial charge on any atom is 0.253 e. The van der Waals surface area contributed by atoms with Gasteiger partial charge in [-0.15, -0.1) is 10.2 Å². The van der Waals surface area contributed by atoms with Crippen LogP contribution in [0.3, 0.4) is 0 Å². The van der Waals surface area contributed by atoms with Gasteiger partial charge < -0.3 is 30.3 Å². The second kappa shape index (κ2) is 10.3. The first kappa shape index (κ1) is 18.9. The summed E-state index contributed by atoms with van der Waals surface area (Å²) in [5.74, 6) is 0.0503. The van der Waals surface area contributed by atoms with E-state index in [1.807, 2.05) is 23.5 Å². The minimum absolute atomic E-state index is 0.0405. The number of methoxy groups -OCH3 is 1. The van der Waals surface area contributed by atoms with Gasteiger partial charge in [-0.3, -0.25) is 4.79 Å². The summed E-state index contributed by atoms with van der Waals surface area (Å²) in [6.45, 7) is 0.292. The van der Waals surface area contributed by atoms with E-state index in [-0.39, 0.29) is 22.5 Å². The number of para-hydroxylation sites is 1. The van der Waals surface area contributed by atoms with Gasteiger partial charge in [-0.2, -0.15) is 4.98 Å². The largest absolute Gasteiger partial charge is 0.494 e. The van der Waals surface area contributed by atoms with Crippen molar-refractivity contribution in [1.29, 1.82) is 0 Å². The van der Waals surface area contributed by atoms with E-state index in [0.29, 0.717) is 30.3 Å². The average molecular weight is 473 g/mol. The summed E-state index contributed by atoms with van der Waals surface area (Å²) in [6.07, 6.45) is 0. The van der Waals surface area contributed by atoms with Crippen LogP contribution < -0.4 is 25.6 Å². The van der Waals surface area contributed by atoms with E-state index < -0.39 is 12.9 Å². The van der Waals surface area contributed by atoms with Gasteiger partial charge in [0.1, 0.15) is 5.75 Å². The zero-order valence-electron chi connectivity index (χ0n) is 20.8. The number of ether oxygens (including phenoxy) is 2. The molecule has 1 aromatic heterocycles. The molecule has 1 aliphatic heterocycles. The van der Waals surface area contributed by atoms with Crippen LogP contribution in [-0.4, -0.2) is 61.5 Å². The molecular weight excluding hydrogens is 446 g/mol. The van der Waals surface area contributed by atoms with E-state index >= 15 is 0 Å². The monoisotopic (exact) mass is 472 g/mol. The smallest absolute Gasteiger partial charge is 0.253 e. The fourth-order valence-electron chi connectivity index (χ4n) is 3.35. The molecular formula is C22H24ClN7O3. The van der Waals surface area contributed by atoms with Crippen LogP contribution in [0, 0.1) is 0 Å². The average Bonchev–Trinajstić information content (AvgIpc) is 2.86. The van der Waals surface area contributed by atoms with E-state index in [9.17, 15) is 4.79 Å². The van der Waals surface area contributed by atoms with Crippen molar-refractivity contribution in [2.24, 2.45) is 0 Å². The van der Waals surface area contributed by atoms with Crippen molar-refractivity contribution in [1.82, 2.24) is 20.5 Å². The highest BCUT2D eigenvalue weighted by atomic mass is 35.5. The molecule has 2 aromatic carbocycles. The molecule has 2 heterocycles. The van der Waals surface area contributed by atoms with E-state index in [0.717, 1.165) is 18.8 Å². The lowest BCUT2D eigenvalue weighted by molar-refractivity contribution is 0.0964. The van der Waals surface area contributed by atoms with Crippen LogP contribution in [0.1, 0.15) is 14.5 Å². The molecule has 0 radical (unpaired) electrons. The Kier molecular flexibility index (Phi) is 5.91. The van der Waals surface area contributed by atoms with Crippen molar-refractivity contribution < 1.29 is 18.4 Å². The lowest BCUT2D eigenvalue weighted by atomic mass is 10.1. The summed E-state index contributed by atoms with van der Waals surface area (Å²) in [5.41, 5.74) is 2.01. The van der Waals surface area contributed by atoms with Crippen LogP contribution in [0.4, 0.5) is 28.8 Å². The molecule has 11 heteroatoms. The van der Waals surface area contributed by atoms with Gasteiger partial charge >= 0.3 is 0 Å². The fourth-order valence-corrected chi connectivity index (χ4v) is 3.48. The normalized spacial score (nSPS) is 15.1. The number of nitrogens with one attached hydrogen (secondary N) is 3. The highest BCUT2D eigenvalue weighted by molar-refractivity contribution is 6.31. The fraction of sp³-hybridized carbons (Fsp3) is 0.273. The maximum atomic E-state index is 12.4. The molecule has 0 unspecified atom stereocenters. The Morgan fingerprint density at radius 1 is 1.15 bits per heavy atom. The summed E-state index contributed by atoms with van der Waals surface area (Å²) >= 11 is 6.20. The molecule has 1 amide bonds. The Labute approximate surface area is 200 Å². The molecule has 1 saturated heterocycles. The maximum absolute atomic E-state index is 12.4. The molecule has 3 N–H and O–H groups in total. The molecule has 1 aliphatic rings. The predicted octanol–water partition coefficient (Wildman–Crippen LogP) is 3.22. The third-order valence-corrected chi connectivity index (χ3v) is 5.25. The summed E-state index contributed by atoms with van der Waals surface area (Å²) in [4.78, 5) is 19.0. The van der Waals surface area contributed by atoms with E-state index in [4.69, 9.17) is 25.2 Å². The minimum atomic E-state index is -2.63. The first-order valence-electron chi connectivity index (χ1n) is 11.6. The molecule has 0 bridgehead atoms. The number of morpholine rings is 1. The molecule has 0 saturated carbocycles. The Hall–Kier alpha value is -3.63. The van der Waals surface area contributed by atoms with Gasteiger partial charge in [0.15, 0.2) is 11.0 Å². The number of benzene rings is 2. The SMILES string of the molecule is [2H]C([2H])([2H])NC(=O)c1ccccc1Nc1nc(Nc2ccc(N3CCOCC3)cc2OC)nnc1Cl. The van der Waals surface area contributed by atoms with Crippen LogP contribution >= 0.6 is 11.6 Å². The van der Waals surface area contributed by atoms with Crippen LogP contribution in [-0.2, 0) is 4.74 Å². The summed E-state index contributed by atoms with van der Waals surface area (Å²) in [5, 5.41) is 15.8. The van der Waals surface area contributed by atoms with E-state index in [1.54, 1.807) is 25.3 Å². The van der Waals surface area contributed by atoms with Gasteiger partial charge in [0, 0.05) is 35.9 Å². The van der Waals surface area contributed by atoms with Gasteiger partial charge in [0.2, 0.25) is 5.95 Å². The number of halogens is 1. The minimum Gasteiger partial charge on any atom is -0.494 e. The first-order valence-corrected chi connectivity index (χ1v) is 10.5. The number of anilines is 5. The molecule has 4 rings (SSSR count). The number of hydrogen-bond donors (Lipinski definition) is 3. The number of nitrogens with zero attached hydrogens (tertiary/aromatic N) is 4. The number of rotatable bonds is 7. The number of carbonyl (C=O) groups excluding carboxylic acids is 1. The van der Waals surface area contributed by atoms with Gasteiger partial charge in [0.05, 0.1) is 37.3 Å². The van der Waals surface area contributed by atoms with E-state index in [2.05, 4.69) is 30.7 Å². The number of carbonyl (C=O) groups is 1. The lowest BCUT2D eigenvalue weighted by Gasteiger charge is -2.29. The molecule has 172 valence electrons. The summed E-state index contributed by atoms with van der Waals surface area (Å²) < 4.78 is 32.8. The van der Waals surface area contributed by atoms with Gasteiger partial charge in [-0.1, -0.05) is 23.7 Å². The lowest BCUT2D eigenvalue weighted by Crippen LogP contribution is -2.36. The summed E-state index contributed by atoms with van der Waals surface area (Å²) in [7, 11) is 1.57. The standard InChI is InChI=1S/C22H24ClN7O3/c1-24-21(31)15-5-3-4-6-16(15)25-20-19(23)28-29-22(27-20)26-17-8-7-14(13-18(17)32-2)30-9-11-33-12-10-30/h3-8,13H,9-12H2,1-2H3,(H,24,31)(H2,25,26,27,29)/i1D3. The van der Waals surface area contributed by atoms with Crippen LogP contribution in [0.15, 0.2) is 42.5 Å². The predicted molar refractivity (Wildman–Crippen MR) is 127 cm³/mol. The molecule has 33 heavy (non-hydrogen) atoms. The molecule has 3 aromatic rings. The summed E-state index contributed by atoms with van der Waals surface area (Å²) in [6, 6.07) is 12.1. The molecule has 0 aliphatic carbocycles. The Balaban J connectivity index is 1.55. The second-order valence-corrected chi connectivity index (χ2v) is 7.37. The second-order valence-electron chi connectivity index (χ2n) is 7.01. The van der Waals surface area contributed by atoms with Crippen molar-refractivity contribution in [2.75, 3.05) is 55.9 Å². The van der Waals surface area contributed by atoms with Gasteiger partial charge in [-0.25, -0.2) is 0 Å². The van der Waals surface area contributed by atoms with Gasteiger partial charge in [0.25, 0.3) is 5.91 Å². The van der Waals surface area contributed by atoms with Crippen LogP contribution in [0.25, 0.3) is 0 Å². The van der Waals surface area contributed by atoms with Crippen molar-refractivity contribution in [3.8, 4) is 5.75 Å². The highest BCUT2D eigenvalue weighted by Crippen LogP contribution is 2.32. The number of hydrogen-bond acceptors (Lipinski definition) is 9. The van der Waals surface area contributed by atoms with Crippen molar-refractivity contribution in [2.45, 2.75) is 0 Å². The molecule has 0 atom stereocenters. The van der Waals surface area contributed by atoms with Crippen LogP contribution in [0.5, 0.6) is 5.75 Å². The number of amides is 1. The zero-order chi connectivity index (χ0) is 25.7. The third kappa shape index (κ3) is 5.24. The van der Waals surface area contributed by atoms with Crippen LogP contribution in [0.2, 0.25) is 5.15 Å². The topological polar surface area (TPSA) is 114 Å². The van der Waals surface area contributed by atoms with E-state index in [1.165, 1.54) is 6.07 Å². The Morgan fingerprint density at radius 2 is 1.97 bits per heavy atom. The van der Waals surface area contributed by atoms with Crippen molar-refractivity contribution >= 4 is 46.3 Å². The molecule has 1 fully saturated rings. The first-order chi connectivity index (χ1) is 17.2. The van der Waals surface area contributed by atoms with Crippen molar-refractivity contribution in [3.05, 3.63) is 53.2 Å². The number of aromatic nitrogens is 3. The highest BCUT2D eigenvalue weighted by Gasteiger charge is 2.16. The van der Waals surface area contributed by atoms with Gasteiger partial charge in [-0.05, 0) is 24.3 Å². The quantitative estimate of drug-likeness (QED) is 0.476. The molecule has 10 nitrogen and oxygen atoms in total. The molecule has 0 spiro atoms. The third-order valence-electron chi connectivity index (χ3n) is 4.99.